The zero-order valence-electron chi connectivity index (χ0n) is 8.44. The van der Waals surface area contributed by atoms with Gasteiger partial charge in [0.25, 0.3) is 0 Å². The van der Waals surface area contributed by atoms with Gasteiger partial charge in [-0.1, -0.05) is 37.3 Å². The molecular formula is C12H16O2. The lowest BCUT2D eigenvalue weighted by Gasteiger charge is -2.08. The monoisotopic (exact) mass is 192 g/mol. The average molecular weight is 192 g/mol. The lowest BCUT2D eigenvalue weighted by atomic mass is 9.97. The van der Waals surface area contributed by atoms with Crippen LogP contribution in [0.5, 0.6) is 0 Å². The normalized spacial score (nSPS) is 12.4. The number of hydrogen-bond donors (Lipinski definition) is 1. The van der Waals surface area contributed by atoms with Crippen molar-refractivity contribution in [1.82, 2.24) is 0 Å². The summed E-state index contributed by atoms with van der Waals surface area (Å²) >= 11 is 0. The second-order valence-corrected chi connectivity index (χ2v) is 3.47. The first-order chi connectivity index (χ1) is 6.74. The molecule has 0 radical (unpaired) electrons. The molecule has 0 aliphatic heterocycles. The van der Waals surface area contributed by atoms with Crippen molar-refractivity contribution in [2.75, 3.05) is 0 Å². The topological polar surface area (TPSA) is 37.3 Å². The summed E-state index contributed by atoms with van der Waals surface area (Å²) in [5.74, 6) is -0.876. The summed E-state index contributed by atoms with van der Waals surface area (Å²) in [5, 5.41) is 8.85. The molecule has 0 saturated carbocycles. The Hall–Kier alpha value is -1.31. The quantitative estimate of drug-likeness (QED) is 0.778. The Kier molecular flexibility index (Phi) is 4.17. The first kappa shape index (κ1) is 10.8. The third-order valence-electron chi connectivity index (χ3n) is 2.47. The molecule has 76 valence electrons. The average Bonchev–Trinajstić information content (AvgIpc) is 2.20. The molecule has 1 aromatic carbocycles. The second kappa shape index (κ2) is 5.43. The first-order valence-electron chi connectivity index (χ1n) is 5.00. The highest BCUT2D eigenvalue weighted by Gasteiger charge is 2.14. The van der Waals surface area contributed by atoms with E-state index in [1.54, 1.807) is 0 Å². The number of aliphatic carboxylic acids is 1. The van der Waals surface area contributed by atoms with Crippen LogP contribution in [0.3, 0.4) is 0 Å². The molecule has 0 amide bonds. The molecule has 0 aliphatic carbocycles. The molecule has 0 bridgehead atoms. The van der Waals surface area contributed by atoms with Gasteiger partial charge < -0.3 is 5.11 Å². The minimum atomic E-state index is -0.677. The molecule has 1 atom stereocenters. The predicted octanol–water partition coefficient (Wildman–Crippen LogP) is 2.73. The molecule has 0 saturated heterocycles. The Bertz CT molecular complexity index is 280. The molecule has 2 heteroatoms. The zero-order chi connectivity index (χ0) is 10.4. The van der Waals surface area contributed by atoms with E-state index in [1.807, 2.05) is 37.3 Å². The van der Waals surface area contributed by atoms with E-state index in [0.717, 1.165) is 12.8 Å². The summed E-state index contributed by atoms with van der Waals surface area (Å²) in [4.78, 5) is 10.8. The minimum Gasteiger partial charge on any atom is -0.481 e. The molecule has 0 aromatic heterocycles. The van der Waals surface area contributed by atoms with E-state index >= 15 is 0 Å². The smallest absolute Gasteiger partial charge is 0.306 e. The van der Waals surface area contributed by atoms with Gasteiger partial charge in [-0.3, -0.25) is 4.79 Å². The first-order valence-corrected chi connectivity index (χ1v) is 5.00. The summed E-state index contributed by atoms with van der Waals surface area (Å²) in [6.45, 7) is 1.92. The van der Waals surface area contributed by atoms with Crippen molar-refractivity contribution in [3.05, 3.63) is 35.9 Å². The number of carbonyl (C=O) groups is 1. The fourth-order valence-corrected chi connectivity index (χ4v) is 1.49. The Morgan fingerprint density at radius 1 is 1.36 bits per heavy atom. The van der Waals surface area contributed by atoms with E-state index in [4.69, 9.17) is 5.11 Å². The second-order valence-electron chi connectivity index (χ2n) is 3.47. The number of benzene rings is 1. The summed E-state index contributed by atoms with van der Waals surface area (Å²) in [5.41, 5.74) is 1.22. The van der Waals surface area contributed by atoms with Crippen molar-refractivity contribution >= 4 is 5.97 Å². The highest BCUT2D eigenvalue weighted by molar-refractivity contribution is 5.69. The van der Waals surface area contributed by atoms with Crippen molar-refractivity contribution in [2.24, 2.45) is 5.92 Å². The number of rotatable bonds is 5. The molecule has 1 rings (SSSR count). The van der Waals surface area contributed by atoms with Gasteiger partial charge in [0.05, 0.1) is 5.92 Å². The van der Waals surface area contributed by atoms with Crippen LogP contribution < -0.4 is 0 Å². The van der Waals surface area contributed by atoms with Crippen LogP contribution in [-0.4, -0.2) is 11.1 Å². The van der Waals surface area contributed by atoms with Crippen LogP contribution in [0, 0.1) is 5.92 Å². The van der Waals surface area contributed by atoms with E-state index in [9.17, 15) is 4.79 Å². The van der Waals surface area contributed by atoms with E-state index in [2.05, 4.69) is 0 Å². The fourth-order valence-electron chi connectivity index (χ4n) is 1.49. The van der Waals surface area contributed by atoms with Crippen LogP contribution in [0.2, 0.25) is 0 Å². The van der Waals surface area contributed by atoms with Gasteiger partial charge in [-0.25, -0.2) is 0 Å². The summed E-state index contributed by atoms with van der Waals surface area (Å²) in [6.07, 6.45) is 2.30. The fraction of sp³-hybridized carbons (Fsp3) is 0.417. The summed E-state index contributed by atoms with van der Waals surface area (Å²) in [7, 11) is 0. The third-order valence-corrected chi connectivity index (χ3v) is 2.47. The zero-order valence-corrected chi connectivity index (χ0v) is 8.44. The number of hydrogen-bond acceptors (Lipinski definition) is 1. The molecule has 1 N–H and O–H groups in total. The van der Waals surface area contributed by atoms with Crippen LogP contribution in [0.15, 0.2) is 30.3 Å². The van der Waals surface area contributed by atoms with Gasteiger partial charge in [0.15, 0.2) is 0 Å². The van der Waals surface area contributed by atoms with Gasteiger partial charge in [-0.15, -0.1) is 0 Å². The molecule has 0 heterocycles. The molecule has 14 heavy (non-hydrogen) atoms. The predicted molar refractivity (Wildman–Crippen MR) is 56.2 cm³/mol. The van der Waals surface area contributed by atoms with E-state index in [0.29, 0.717) is 6.42 Å². The lowest BCUT2D eigenvalue weighted by Crippen LogP contribution is -2.13. The van der Waals surface area contributed by atoms with E-state index < -0.39 is 5.97 Å². The van der Waals surface area contributed by atoms with Crippen LogP contribution in [0.4, 0.5) is 0 Å². The third kappa shape index (κ3) is 3.21. The van der Waals surface area contributed by atoms with Gasteiger partial charge in [0.1, 0.15) is 0 Å². The molecule has 2 nitrogen and oxygen atoms in total. The van der Waals surface area contributed by atoms with E-state index in [1.165, 1.54) is 5.56 Å². The maximum Gasteiger partial charge on any atom is 0.306 e. The maximum atomic E-state index is 10.8. The van der Waals surface area contributed by atoms with Crippen molar-refractivity contribution in [3.63, 3.8) is 0 Å². The van der Waals surface area contributed by atoms with Crippen LogP contribution in [0.1, 0.15) is 25.3 Å². The van der Waals surface area contributed by atoms with Gasteiger partial charge in [0.2, 0.25) is 0 Å². The van der Waals surface area contributed by atoms with Crippen molar-refractivity contribution in [3.8, 4) is 0 Å². The van der Waals surface area contributed by atoms with Crippen molar-refractivity contribution in [1.29, 1.82) is 0 Å². The van der Waals surface area contributed by atoms with Crippen molar-refractivity contribution < 1.29 is 9.90 Å². The number of carboxylic acids is 1. The summed E-state index contributed by atoms with van der Waals surface area (Å²) in [6, 6.07) is 10.0. The summed E-state index contributed by atoms with van der Waals surface area (Å²) < 4.78 is 0. The highest BCUT2D eigenvalue weighted by atomic mass is 16.4. The Balaban J connectivity index is 2.44. The van der Waals surface area contributed by atoms with Crippen molar-refractivity contribution in [2.45, 2.75) is 26.2 Å². The van der Waals surface area contributed by atoms with Gasteiger partial charge in [-0.2, -0.15) is 0 Å². The van der Waals surface area contributed by atoms with Crippen LogP contribution >= 0.6 is 0 Å². The van der Waals surface area contributed by atoms with Gasteiger partial charge >= 0.3 is 5.97 Å². The number of carboxylic acid groups (broad SMARTS) is 1. The Labute approximate surface area is 84.6 Å². The van der Waals surface area contributed by atoms with Gasteiger partial charge in [-0.05, 0) is 24.8 Å². The largest absolute Gasteiger partial charge is 0.481 e. The molecule has 0 aliphatic rings. The standard InChI is InChI=1S/C12H16O2/c1-2-11(12(13)14)9-8-10-6-4-3-5-7-10/h3-7,11H,2,8-9H2,1H3,(H,13,14)/t11-/m1/s1. The van der Waals surface area contributed by atoms with Gasteiger partial charge in [0, 0.05) is 0 Å². The van der Waals surface area contributed by atoms with E-state index in [-0.39, 0.29) is 5.92 Å². The molecule has 0 spiro atoms. The number of aryl methyl sites for hydroxylation is 1. The highest BCUT2D eigenvalue weighted by Crippen LogP contribution is 2.12. The lowest BCUT2D eigenvalue weighted by molar-refractivity contribution is -0.142. The molecule has 0 fully saturated rings. The maximum absolute atomic E-state index is 10.8. The minimum absolute atomic E-state index is 0.199. The molecular weight excluding hydrogens is 176 g/mol. The van der Waals surface area contributed by atoms with Crippen LogP contribution in [0.25, 0.3) is 0 Å². The molecule has 1 aromatic rings. The van der Waals surface area contributed by atoms with Crippen LogP contribution in [-0.2, 0) is 11.2 Å². The molecule has 0 unspecified atom stereocenters. The Morgan fingerprint density at radius 2 is 2.00 bits per heavy atom. The Morgan fingerprint density at radius 3 is 2.50 bits per heavy atom. The SMILES string of the molecule is CC[C@H](CCc1ccccc1)C(=O)O.